The zero-order valence-electron chi connectivity index (χ0n) is 8.88. The van der Waals surface area contributed by atoms with E-state index in [9.17, 15) is 4.79 Å². The van der Waals surface area contributed by atoms with Crippen molar-refractivity contribution >= 4 is 37.8 Å². The van der Waals surface area contributed by atoms with Crippen LogP contribution in [-0.2, 0) is 0 Å². The topological polar surface area (TPSA) is 64.3 Å². The van der Waals surface area contributed by atoms with Gasteiger partial charge in [0.05, 0.1) is 15.0 Å². The molecule has 4 nitrogen and oxygen atoms in total. The predicted molar refractivity (Wildman–Crippen MR) is 69.3 cm³/mol. The molecular weight excluding hydrogens is 340 g/mol. The third-order valence-corrected chi connectivity index (χ3v) is 2.92. The summed E-state index contributed by atoms with van der Waals surface area (Å²) in [5.41, 5.74) is 2.53. The second-order valence-corrected chi connectivity index (χ2v) is 5.12. The maximum absolute atomic E-state index is 11.3. The highest BCUT2D eigenvalue weighted by molar-refractivity contribution is 9.11. The molecule has 0 aliphatic rings. The molecule has 16 heavy (non-hydrogen) atoms. The van der Waals surface area contributed by atoms with E-state index >= 15 is 0 Å². The smallest absolute Gasteiger partial charge is 0.265 e. The molecule has 0 bridgehead atoms. The van der Waals surface area contributed by atoms with Crippen LogP contribution in [0.5, 0.6) is 5.75 Å². The van der Waals surface area contributed by atoms with Gasteiger partial charge in [-0.15, -0.1) is 0 Å². The summed E-state index contributed by atoms with van der Waals surface area (Å²) in [6.45, 7) is 3.86. The van der Waals surface area contributed by atoms with Gasteiger partial charge in [0.25, 0.3) is 5.91 Å². The van der Waals surface area contributed by atoms with Crippen LogP contribution in [0.2, 0.25) is 0 Å². The third kappa shape index (κ3) is 3.20. The number of nitrogen functional groups attached to an aromatic ring is 1. The monoisotopic (exact) mass is 350 g/mol. The second kappa shape index (κ2) is 5.65. The normalized spacial score (nSPS) is 10.4. The molecule has 0 radical (unpaired) electrons. The van der Waals surface area contributed by atoms with Gasteiger partial charge >= 0.3 is 0 Å². The van der Waals surface area contributed by atoms with Crippen molar-refractivity contribution in [2.45, 2.75) is 20.0 Å². The Balaban J connectivity index is 3.12. The average molecular weight is 352 g/mol. The van der Waals surface area contributed by atoms with Gasteiger partial charge in [0.1, 0.15) is 5.75 Å². The molecule has 0 heterocycles. The summed E-state index contributed by atoms with van der Waals surface area (Å²) in [7, 11) is 0. The van der Waals surface area contributed by atoms with Crippen LogP contribution in [0, 0.1) is 0 Å². The number of hydrogen-bond acceptors (Lipinski definition) is 3. The molecule has 6 heteroatoms. The molecule has 1 rings (SSSR count). The predicted octanol–water partition coefficient (Wildman–Crippen LogP) is 2.60. The Morgan fingerprint density at radius 1 is 1.38 bits per heavy atom. The molecule has 1 amide bonds. The summed E-state index contributed by atoms with van der Waals surface area (Å²) in [6.07, 6.45) is 0.0572. The summed E-state index contributed by atoms with van der Waals surface area (Å²) in [5.74, 6) is 5.38. The average Bonchev–Trinajstić information content (AvgIpc) is 2.21. The Morgan fingerprint density at radius 3 is 2.25 bits per heavy atom. The van der Waals surface area contributed by atoms with E-state index in [2.05, 4.69) is 37.3 Å². The van der Waals surface area contributed by atoms with Crippen LogP contribution in [0.15, 0.2) is 21.1 Å². The molecule has 88 valence electrons. The zero-order chi connectivity index (χ0) is 12.3. The molecule has 0 aliphatic heterocycles. The number of carbonyl (C=O) groups excluding carboxylic acids is 1. The van der Waals surface area contributed by atoms with E-state index in [1.54, 1.807) is 12.1 Å². The number of carbonyl (C=O) groups is 1. The molecule has 0 spiro atoms. The first-order valence-electron chi connectivity index (χ1n) is 4.62. The van der Waals surface area contributed by atoms with Crippen LogP contribution in [0.1, 0.15) is 24.2 Å². The molecular formula is C10H12Br2N2O2. The van der Waals surface area contributed by atoms with Gasteiger partial charge in [-0.3, -0.25) is 10.2 Å². The van der Waals surface area contributed by atoms with Crippen molar-refractivity contribution < 1.29 is 9.53 Å². The lowest BCUT2D eigenvalue weighted by molar-refractivity contribution is 0.0953. The van der Waals surface area contributed by atoms with E-state index in [0.717, 1.165) is 0 Å². The van der Waals surface area contributed by atoms with Gasteiger partial charge in [0, 0.05) is 5.56 Å². The summed E-state index contributed by atoms with van der Waals surface area (Å²) >= 11 is 6.70. The van der Waals surface area contributed by atoms with Crippen molar-refractivity contribution in [3.05, 3.63) is 26.6 Å². The molecule has 0 atom stereocenters. The van der Waals surface area contributed by atoms with Crippen LogP contribution in [-0.4, -0.2) is 12.0 Å². The van der Waals surface area contributed by atoms with E-state index in [0.29, 0.717) is 20.3 Å². The number of rotatable bonds is 3. The van der Waals surface area contributed by atoms with Crippen molar-refractivity contribution in [3.8, 4) is 5.75 Å². The summed E-state index contributed by atoms with van der Waals surface area (Å²) in [5, 5.41) is 0. The van der Waals surface area contributed by atoms with E-state index < -0.39 is 0 Å². The minimum atomic E-state index is -0.350. The number of ether oxygens (including phenoxy) is 1. The molecule has 0 aromatic heterocycles. The molecule has 3 N–H and O–H groups in total. The summed E-state index contributed by atoms with van der Waals surface area (Å²) in [6, 6.07) is 3.31. The Labute approximate surface area is 111 Å². The zero-order valence-corrected chi connectivity index (χ0v) is 12.1. The fourth-order valence-electron chi connectivity index (χ4n) is 1.12. The largest absolute Gasteiger partial charge is 0.489 e. The quantitative estimate of drug-likeness (QED) is 0.499. The molecule has 0 fully saturated rings. The Bertz CT molecular complexity index is 385. The van der Waals surface area contributed by atoms with E-state index in [1.165, 1.54) is 0 Å². The highest BCUT2D eigenvalue weighted by atomic mass is 79.9. The number of benzene rings is 1. The van der Waals surface area contributed by atoms with Crippen molar-refractivity contribution in [3.63, 3.8) is 0 Å². The summed E-state index contributed by atoms with van der Waals surface area (Å²) in [4.78, 5) is 11.3. The molecule has 0 saturated heterocycles. The first kappa shape index (κ1) is 13.5. The summed E-state index contributed by atoms with van der Waals surface area (Å²) < 4.78 is 6.99. The van der Waals surface area contributed by atoms with Gasteiger partial charge in [-0.25, -0.2) is 5.84 Å². The van der Waals surface area contributed by atoms with Crippen LogP contribution in [0.4, 0.5) is 0 Å². The van der Waals surface area contributed by atoms with Crippen LogP contribution in [0.3, 0.4) is 0 Å². The lowest BCUT2D eigenvalue weighted by atomic mass is 10.2. The SMILES string of the molecule is CC(C)Oc1c(Br)cc(C(=O)NN)cc1Br. The number of amides is 1. The third-order valence-electron chi connectivity index (χ3n) is 1.75. The highest BCUT2D eigenvalue weighted by Crippen LogP contribution is 2.35. The second-order valence-electron chi connectivity index (χ2n) is 3.41. The van der Waals surface area contributed by atoms with Crippen molar-refractivity contribution in [2.24, 2.45) is 5.84 Å². The maximum atomic E-state index is 11.3. The van der Waals surface area contributed by atoms with E-state index in [1.807, 2.05) is 13.8 Å². The fraction of sp³-hybridized carbons (Fsp3) is 0.300. The lowest BCUT2D eigenvalue weighted by Crippen LogP contribution is -2.30. The minimum absolute atomic E-state index is 0.0572. The van der Waals surface area contributed by atoms with Gasteiger partial charge < -0.3 is 4.74 Å². The van der Waals surface area contributed by atoms with Gasteiger partial charge in [-0.1, -0.05) is 0 Å². The maximum Gasteiger partial charge on any atom is 0.265 e. The van der Waals surface area contributed by atoms with Crippen molar-refractivity contribution in [2.75, 3.05) is 0 Å². The molecule has 1 aromatic rings. The number of halogens is 2. The first-order valence-corrected chi connectivity index (χ1v) is 6.21. The van der Waals surface area contributed by atoms with E-state index in [-0.39, 0.29) is 12.0 Å². The Kier molecular flexibility index (Phi) is 4.76. The number of hydrogen-bond donors (Lipinski definition) is 2. The van der Waals surface area contributed by atoms with Crippen LogP contribution < -0.4 is 16.0 Å². The highest BCUT2D eigenvalue weighted by Gasteiger charge is 2.13. The van der Waals surface area contributed by atoms with Gasteiger partial charge in [-0.2, -0.15) is 0 Å². The number of hydrazine groups is 1. The number of nitrogens with two attached hydrogens (primary N) is 1. The fourth-order valence-corrected chi connectivity index (χ4v) is 2.50. The molecule has 0 saturated carbocycles. The van der Waals surface area contributed by atoms with E-state index in [4.69, 9.17) is 10.6 Å². The first-order chi connectivity index (χ1) is 7.45. The van der Waals surface area contributed by atoms with Gasteiger partial charge in [-0.05, 0) is 57.8 Å². The Morgan fingerprint density at radius 2 is 1.88 bits per heavy atom. The molecule has 1 aromatic carbocycles. The lowest BCUT2D eigenvalue weighted by Gasteiger charge is -2.14. The van der Waals surface area contributed by atoms with Crippen LogP contribution in [0.25, 0.3) is 0 Å². The minimum Gasteiger partial charge on any atom is -0.489 e. The van der Waals surface area contributed by atoms with Gasteiger partial charge in [0.2, 0.25) is 0 Å². The van der Waals surface area contributed by atoms with Crippen LogP contribution >= 0.6 is 31.9 Å². The molecule has 0 unspecified atom stereocenters. The van der Waals surface area contributed by atoms with Gasteiger partial charge in [0.15, 0.2) is 0 Å². The van der Waals surface area contributed by atoms with Crippen molar-refractivity contribution in [1.29, 1.82) is 0 Å². The Hall–Kier alpha value is -0.590. The standard InChI is InChI=1S/C10H12Br2N2O2/c1-5(2)16-9-7(11)3-6(4-8(9)12)10(15)14-13/h3-5H,13H2,1-2H3,(H,14,15). The number of nitrogens with one attached hydrogen (secondary N) is 1. The molecule has 0 aliphatic carbocycles. The van der Waals surface area contributed by atoms with Crippen molar-refractivity contribution in [1.82, 2.24) is 5.43 Å².